The molecule has 3 atom stereocenters. The van der Waals surface area contributed by atoms with Crippen molar-refractivity contribution in [3.8, 4) is 0 Å². The van der Waals surface area contributed by atoms with Crippen molar-refractivity contribution in [1.82, 2.24) is 14.7 Å². The van der Waals surface area contributed by atoms with Gasteiger partial charge in [0.15, 0.2) is 0 Å². The van der Waals surface area contributed by atoms with E-state index in [9.17, 15) is 32.3 Å². The van der Waals surface area contributed by atoms with Gasteiger partial charge in [0.1, 0.15) is 0 Å². The van der Waals surface area contributed by atoms with E-state index in [0.717, 1.165) is 180 Å². The molecule has 0 aromatic heterocycles. The number of phosphoric ester groups is 1. The Morgan fingerprint density at radius 1 is 0.261 bits per heavy atom. The van der Waals surface area contributed by atoms with Crippen molar-refractivity contribution in [3.63, 3.8) is 0 Å². The third kappa shape index (κ3) is 249. The number of ether oxygens (including phenoxy) is 3. The minimum atomic E-state index is -4.07. The maximum Gasteiger partial charge on any atom is 1.00 e. The van der Waals surface area contributed by atoms with E-state index in [1.54, 1.807) is 0 Å². The topological polar surface area (TPSA) is 309 Å². The van der Waals surface area contributed by atoms with Gasteiger partial charge in [-0.1, -0.05) is 322 Å². The van der Waals surface area contributed by atoms with Gasteiger partial charge in [-0.25, -0.2) is 9.13 Å². The van der Waals surface area contributed by atoms with E-state index >= 15 is 0 Å². The molecule has 142 heavy (non-hydrogen) atoms. The van der Waals surface area contributed by atoms with Crippen LogP contribution in [-0.2, 0) is 77.8 Å². The molecule has 4 N–H and O–H groups in total. The Morgan fingerprint density at radius 3 is 0.570 bits per heavy atom. The van der Waals surface area contributed by atoms with Crippen LogP contribution in [0.4, 0.5) is 0 Å². The molecule has 0 bridgehead atoms. The second-order valence-electron chi connectivity index (χ2n) is 30.7. The molecule has 0 aliphatic carbocycles. The van der Waals surface area contributed by atoms with Crippen LogP contribution in [0.2, 0.25) is 0 Å². The largest absolute Gasteiger partial charge is 1.00 e. The first-order valence-electron chi connectivity index (χ1n) is 52.6. The standard InChI is InChI=1S/C14H30ClO3PS.C11H24ClO3PS.C11H25O4PS.2C8H17Cl2O2P.C8H18O.3C6H15N.C6H13O.3C4H10O.Cl3OP.Hs.2Na.H2O.H2P/c1-2-3-4-5-6-9-12-17-19(15,16)18-13-10-7-8-11-14-20;2*1-2-3-4-5-6-7-9-14-16(12,13)15-10-8-11-17;2*1-2-3-4-5-6-7-8-12-13(9,10)11;1-2-3-4-5-6-7-8-9;3*1-4-7(5-2)6-3;1-2-3-4-5-6-7;3*1-3-5-4-2;1-5(2,3)4;;;;;/h20H,2-14H2,1H3;17H,2-11H2,1H3;17H,2-11H2,1H3,(H,12,13);2*2-8H2,1H3;9H,2-8H2,1H3;3*4-6H2,1-3H3;7H,1-6H2;3*3-4H2,1-2H3;;;;;2*1H2/q;;;;;;;;;-1;;;;;;2*+1;;-1/p-1. The smallest absolute Gasteiger partial charge is 0.756 e. The van der Waals surface area contributed by atoms with Crippen molar-refractivity contribution in [1.29, 1.82) is 0 Å². The molecule has 0 heterocycles. The molecule has 0 aromatic rings. The van der Waals surface area contributed by atoms with E-state index < -0.39 is 39.1 Å². The number of hydrogen-bond donors (Lipinski definition) is 5. The predicted molar refractivity (Wildman–Crippen MR) is 634 cm³/mol. The van der Waals surface area contributed by atoms with Crippen molar-refractivity contribution >= 4 is 188 Å². The monoisotopic (exact) mass is 2700 g/mol. The number of phosphoric acid groups is 1. The predicted octanol–water partition coefficient (Wildman–Crippen LogP) is 31.5. The quantitative estimate of drug-likeness (QED) is 0.0124. The van der Waals surface area contributed by atoms with Gasteiger partial charge in [0.2, 0.25) is 0 Å². The molecule has 0 radical (unpaired) electrons. The van der Waals surface area contributed by atoms with Crippen molar-refractivity contribution in [2.24, 2.45) is 0 Å². The number of nitrogens with zero attached hydrogens (tertiary/aromatic N) is 3. The molecular formula is C96H222Cl9HsN3Na2O21P7S3-. The number of thiol groups is 3. The van der Waals surface area contributed by atoms with Gasteiger partial charge >= 0.3 is 90.4 Å². The molecule has 0 saturated heterocycles. The van der Waals surface area contributed by atoms with Crippen LogP contribution in [0.5, 0.6) is 0 Å². The van der Waals surface area contributed by atoms with E-state index in [0.29, 0.717) is 70.8 Å². The Labute approximate surface area is 979 Å². The molecular weight excluding hydrogens is 2480 g/mol. The number of rotatable bonds is 80. The zero-order valence-electron chi connectivity index (χ0n) is 94.8. The zero-order valence-corrected chi connectivity index (χ0v) is 121. The van der Waals surface area contributed by atoms with Gasteiger partial charge in [-0.05, 0) is 267 Å². The molecule has 0 fully saturated rings. The van der Waals surface area contributed by atoms with Gasteiger partial charge in [0, 0.05) is 75.3 Å². The summed E-state index contributed by atoms with van der Waals surface area (Å²) in [6, 6.07) is 0. The van der Waals surface area contributed by atoms with Crippen LogP contribution in [0.3, 0.4) is 0 Å². The van der Waals surface area contributed by atoms with Crippen molar-refractivity contribution in [2.75, 3.05) is 182 Å². The normalized spacial score (nSPS) is 11.7. The van der Waals surface area contributed by atoms with Crippen LogP contribution >= 0.6 is 188 Å². The van der Waals surface area contributed by atoms with E-state index in [-0.39, 0.29) is 87.7 Å². The van der Waals surface area contributed by atoms with Gasteiger partial charge in [0.05, 0.1) is 52.9 Å². The molecule has 46 heteroatoms. The second kappa shape index (κ2) is 169. The Bertz CT molecular complexity index is 2240. The van der Waals surface area contributed by atoms with Gasteiger partial charge in [0.25, 0.3) is 7.82 Å². The molecule has 0 saturated carbocycles. The minimum Gasteiger partial charge on any atom is -0.756 e. The molecule has 0 rings (SSSR count). The van der Waals surface area contributed by atoms with E-state index in [2.05, 4.69) is 202 Å². The summed E-state index contributed by atoms with van der Waals surface area (Å²) in [7, 11) is -4.07. The number of hydrogen-bond acceptors (Lipinski definition) is 26. The molecule has 0 spiro atoms. The minimum absolute atomic E-state index is 0. The zero-order chi connectivity index (χ0) is 108. The van der Waals surface area contributed by atoms with Gasteiger partial charge in [-0.15, -0.1) is 0 Å². The van der Waals surface area contributed by atoms with E-state index in [1.165, 1.54) is 213 Å². The Hall–Kier alpha value is 5.75. The molecule has 868 valence electrons. The average Bonchev–Trinajstić information content (AvgIpc) is 0.947. The maximum absolute atomic E-state index is 11.7. The van der Waals surface area contributed by atoms with Crippen molar-refractivity contribution in [3.05, 3.63) is 6.92 Å². The van der Waals surface area contributed by atoms with Crippen molar-refractivity contribution < 1.29 is 157 Å². The summed E-state index contributed by atoms with van der Waals surface area (Å²) in [5.74, 6) is 2.21. The van der Waals surface area contributed by atoms with Crippen LogP contribution in [0.25, 0.3) is 0 Å². The third-order valence-electron chi connectivity index (χ3n) is 18.8. The summed E-state index contributed by atoms with van der Waals surface area (Å²) in [6.45, 7) is 60.9. The van der Waals surface area contributed by atoms with Crippen LogP contribution in [0.1, 0.15) is 441 Å². The average molecular weight is 2700 g/mol. The van der Waals surface area contributed by atoms with Gasteiger partial charge in [-0.3, -0.25) is 36.4 Å². The SMILES string of the molecule is CCCCCCCCO.CCCCCCCCOP(=O)(Cl)Cl.CCCCCCCCOP(=O)(Cl)Cl.CCCCCCCCOP(=O)(Cl)OCCCCCCS.CCCCCCCCOP(=O)(Cl)OCCCS.CCCCCCCCOP(=O)([O-])OCCCS.CCN(CC)CC.CCN(CC)CC.CCN(CC)CC.CCOCC.CCOCC.CCOCC.O.O=P(Cl)(Cl)Cl.[CH2-]CCCCCO.[Hs].[Na+].[Na+].[PH2-]. The summed E-state index contributed by atoms with van der Waals surface area (Å²) in [4.78, 5) is 18.3. The molecule has 0 amide bonds. The van der Waals surface area contributed by atoms with Gasteiger partial charge < -0.3 is 84.4 Å². The van der Waals surface area contributed by atoms with Crippen LogP contribution < -0.4 is 64.0 Å². The molecule has 0 aromatic carbocycles. The molecule has 24 nitrogen and oxygen atoms in total. The first-order valence-corrected chi connectivity index (χ1v) is 72.1. The fourth-order valence-corrected chi connectivity index (χ4v) is 15.7. The molecule has 0 aliphatic rings. The number of aliphatic hydroxyl groups excluding tert-OH is 2. The van der Waals surface area contributed by atoms with Crippen LogP contribution in [0, 0.1) is 6.92 Å². The fourth-order valence-electron chi connectivity index (χ4n) is 10.6. The fraction of sp³-hybridized carbons (Fsp3) is 0.990. The number of aliphatic hydroxyl groups is 2. The van der Waals surface area contributed by atoms with Crippen LogP contribution in [-0.4, -0.2) is 212 Å². The number of unbranched alkanes of at least 4 members (excludes halogenated alkanes) is 36. The van der Waals surface area contributed by atoms with Gasteiger partial charge in [-0.2, -0.15) is 44.3 Å². The first kappa shape index (κ1) is 192. The summed E-state index contributed by atoms with van der Waals surface area (Å²) in [6.07, 6.45) is 45.1. The number of halogens is 9. The van der Waals surface area contributed by atoms with Crippen LogP contribution in [0.15, 0.2) is 0 Å². The Balaban J connectivity index is -0.0000000689. The van der Waals surface area contributed by atoms with E-state index in [1.807, 2.05) is 41.5 Å². The first-order chi connectivity index (χ1) is 65.1. The summed E-state index contributed by atoms with van der Waals surface area (Å²) >= 11 is 58.1. The summed E-state index contributed by atoms with van der Waals surface area (Å²) < 4.78 is 119. The van der Waals surface area contributed by atoms with E-state index in [4.69, 9.17) is 124 Å². The Morgan fingerprint density at radius 2 is 0.415 bits per heavy atom. The molecule has 3 unspecified atom stereocenters. The summed E-state index contributed by atoms with van der Waals surface area (Å²) in [5.41, 5.74) is 0. The third-order valence-corrected chi connectivity index (χ3v) is 26.0. The maximum atomic E-state index is 11.7. The second-order valence-corrected chi connectivity index (χ2v) is 53.8. The molecule has 0 aliphatic heterocycles. The van der Waals surface area contributed by atoms with Crippen molar-refractivity contribution in [2.45, 2.75) is 441 Å². The summed E-state index contributed by atoms with van der Waals surface area (Å²) in [5, 5.41) is 13.5. The Kier molecular flexibility index (Phi) is 229.